The molecule has 2 N–H and O–H groups in total. The first kappa shape index (κ1) is 12.6. The Labute approximate surface area is 120 Å². The largest absolute Gasteiger partial charge is 0.449 e. The Morgan fingerprint density at radius 3 is 2.90 bits per heavy atom. The number of hydrogen-bond acceptors (Lipinski definition) is 4. The number of fused-ring (bicyclic) bond motifs is 3. The number of quaternary nitrogens is 1. The minimum absolute atomic E-state index is 0.209. The van der Waals surface area contributed by atoms with Gasteiger partial charge in [-0.05, 0) is 12.1 Å². The number of morpholine rings is 1. The maximum absolute atomic E-state index is 12.2. The van der Waals surface area contributed by atoms with E-state index < -0.39 is 0 Å². The van der Waals surface area contributed by atoms with Crippen LogP contribution in [-0.4, -0.2) is 36.3 Å². The first-order chi connectivity index (χ1) is 10.3. The highest BCUT2D eigenvalue weighted by Gasteiger charge is 2.18. The molecular weight excluding hydrogens is 270 g/mol. The molecule has 0 unspecified atom stereocenters. The number of benzene rings is 1. The highest BCUT2D eigenvalue weighted by Crippen LogP contribution is 2.24. The van der Waals surface area contributed by atoms with Crippen LogP contribution in [0.2, 0.25) is 0 Å². The van der Waals surface area contributed by atoms with Crippen LogP contribution in [0.25, 0.3) is 22.1 Å². The van der Waals surface area contributed by atoms with E-state index in [4.69, 9.17) is 9.15 Å². The Kier molecular flexibility index (Phi) is 2.98. The quantitative estimate of drug-likeness (QED) is 0.700. The highest BCUT2D eigenvalue weighted by molar-refractivity contribution is 6.01. The number of rotatable bonds is 2. The van der Waals surface area contributed by atoms with Crippen molar-refractivity contribution in [1.29, 1.82) is 0 Å². The van der Waals surface area contributed by atoms with Crippen LogP contribution in [0.15, 0.2) is 33.5 Å². The van der Waals surface area contributed by atoms with Crippen LogP contribution in [0, 0.1) is 0 Å². The fourth-order valence-corrected chi connectivity index (χ4v) is 2.80. The molecule has 0 spiro atoms. The third-order valence-electron chi connectivity index (χ3n) is 3.90. The van der Waals surface area contributed by atoms with E-state index in [-0.39, 0.29) is 5.56 Å². The molecule has 0 radical (unpaired) electrons. The van der Waals surface area contributed by atoms with E-state index in [1.165, 1.54) is 4.90 Å². The molecule has 0 atom stereocenters. The molecule has 1 aliphatic rings. The minimum atomic E-state index is -0.209. The molecule has 3 aromatic rings. The van der Waals surface area contributed by atoms with Crippen LogP contribution >= 0.6 is 0 Å². The Hall–Kier alpha value is -2.18. The van der Waals surface area contributed by atoms with Crippen molar-refractivity contribution in [2.24, 2.45) is 0 Å². The van der Waals surface area contributed by atoms with Crippen molar-refractivity contribution in [3.05, 3.63) is 40.4 Å². The van der Waals surface area contributed by atoms with Gasteiger partial charge in [-0.25, -0.2) is 4.98 Å². The number of aromatic nitrogens is 2. The zero-order valence-corrected chi connectivity index (χ0v) is 11.5. The van der Waals surface area contributed by atoms with Crippen molar-refractivity contribution in [3.63, 3.8) is 0 Å². The van der Waals surface area contributed by atoms with Gasteiger partial charge in [0.15, 0.2) is 5.82 Å². The molecule has 108 valence electrons. The first-order valence-corrected chi connectivity index (χ1v) is 7.13. The fraction of sp³-hybridized carbons (Fsp3) is 0.333. The summed E-state index contributed by atoms with van der Waals surface area (Å²) in [5.41, 5.74) is 1.44. The van der Waals surface area contributed by atoms with E-state index in [1.807, 2.05) is 24.3 Å². The Morgan fingerprint density at radius 1 is 1.24 bits per heavy atom. The number of nitrogens with zero attached hydrogens (tertiary/aromatic N) is 1. The molecular formula is C15H16N3O3+. The average Bonchev–Trinajstić information content (AvgIpc) is 2.88. The lowest BCUT2D eigenvalue weighted by atomic mass is 10.2. The summed E-state index contributed by atoms with van der Waals surface area (Å²) in [5.74, 6) is 0.705. The molecule has 3 heterocycles. The lowest BCUT2D eigenvalue weighted by Gasteiger charge is -2.22. The number of H-pyrrole nitrogens is 1. The smallest absolute Gasteiger partial charge is 0.294 e. The second kappa shape index (κ2) is 4.98. The van der Waals surface area contributed by atoms with Crippen molar-refractivity contribution >= 4 is 22.1 Å². The van der Waals surface area contributed by atoms with Gasteiger partial charge in [-0.1, -0.05) is 12.1 Å². The van der Waals surface area contributed by atoms with Gasteiger partial charge in [0.25, 0.3) is 5.56 Å². The van der Waals surface area contributed by atoms with Crippen LogP contribution in [0.4, 0.5) is 0 Å². The van der Waals surface area contributed by atoms with Crippen LogP contribution in [0.1, 0.15) is 5.82 Å². The van der Waals surface area contributed by atoms with Gasteiger partial charge in [-0.15, -0.1) is 0 Å². The van der Waals surface area contributed by atoms with E-state index >= 15 is 0 Å². The molecule has 21 heavy (non-hydrogen) atoms. The summed E-state index contributed by atoms with van der Waals surface area (Å²) in [6, 6.07) is 7.59. The van der Waals surface area contributed by atoms with E-state index in [2.05, 4.69) is 9.97 Å². The van der Waals surface area contributed by atoms with E-state index in [0.717, 1.165) is 31.7 Å². The number of furan rings is 1. The molecule has 6 heteroatoms. The van der Waals surface area contributed by atoms with Gasteiger partial charge >= 0.3 is 0 Å². The van der Waals surface area contributed by atoms with Crippen LogP contribution in [0.5, 0.6) is 0 Å². The molecule has 0 aliphatic carbocycles. The summed E-state index contributed by atoms with van der Waals surface area (Å²) in [5, 5.41) is 0.886. The summed E-state index contributed by atoms with van der Waals surface area (Å²) in [4.78, 5) is 21.0. The summed E-state index contributed by atoms with van der Waals surface area (Å²) in [7, 11) is 0. The van der Waals surface area contributed by atoms with Crippen LogP contribution in [-0.2, 0) is 11.3 Å². The van der Waals surface area contributed by atoms with Crippen LogP contribution in [0.3, 0.4) is 0 Å². The summed E-state index contributed by atoms with van der Waals surface area (Å²) in [6.07, 6.45) is 0. The summed E-state index contributed by atoms with van der Waals surface area (Å²) >= 11 is 0. The number of ether oxygens (including phenoxy) is 1. The van der Waals surface area contributed by atoms with Crippen molar-refractivity contribution in [2.75, 3.05) is 26.3 Å². The molecule has 1 fully saturated rings. The zero-order valence-electron chi connectivity index (χ0n) is 11.5. The molecule has 0 bridgehead atoms. The maximum Gasteiger partial charge on any atom is 0.294 e. The molecule has 4 rings (SSSR count). The predicted molar refractivity (Wildman–Crippen MR) is 77.4 cm³/mol. The summed E-state index contributed by atoms with van der Waals surface area (Å²) < 4.78 is 10.9. The predicted octanol–water partition coefficient (Wildman–Crippen LogP) is 0.0844. The Bertz CT molecular complexity index is 846. The molecule has 1 aromatic carbocycles. The lowest BCUT2D eigenvalue weighted by Crippen LogP contribution is -3.12. The lowest BCUT2D eigenvalue weighted by molar-refractivity contribution is -0.922. The van der Waals surface area contributed by atoms with Crippen molar-refractivity contribution in [3.8, 4) is 0 Å². The molecule has 2 aromatic heterocycles. The topological polar surface area (TPSA) is 72.6 Å². The molecule has 6 nitrogen and oxygen atoms in total. The molecule has 0 amide bonds. The first-order valence-electron chi connectivity index (χ1n) is 7.13. The van der Waals surface area contributed by atoms with Crippen molar-refractivity contribution in [1.82, 2.24) is 9.97 Å². The van der Waals surface area contributed by atoms with Crippen molar-refractivity contribution < 1.29 is 14.1 Å². The Morgan fingerprint density at radius 2 is 2.05 bits per heavy atom. The van der Waals surface area contributed by atoms with Crippen molar-refractivity contribution in [2.45, 2.75) is 6.54 Å². The van der Waals surface area contributed by atoms with Gasteiger partial charge < -0.3 is 19.0 Å². The summed E-state index contributed by atoms with van der Waals surface area (Å²) in [6.45, 7) is 4.10. The second-order valence-corrected chi connectivity index (χ2v) is 5.33. The monoisotopic (exact) mass is 286 g/mol. The number of hydrogen-bond donors (Lipinski definition) is 2. The van der Waals surface area contributed by atoms with E-state index in [0.29, 0.717) is 29.1 Å². The second-order valence-electron chi connectivity index (χ2n) is 5.33. The maximum atomic E-state index is 12.2. The third-order valence-corrected chi connectivity index (χ3v) is 3.90. The van der Waals surface area contributed by atoms with Gasteiger partial charge in [0, 0.05) is 5.39 Å². The normalized spacial score (nSPS) is 16.8. The van der Waals surface area contributed by atoms with Gasteiger partial charge in [0.1, 0.15) is 30.7 Å². The molecule has 1 aliphatic heterocycles. The number of nitrogens with one attached hydrogen (secondary N) is 2. The fourth-order valence-electron chi connectivity index (χ4n) is 2.80. The molecule has 0 saturated carbocycles. The highest BCUT2D eigenvalue weighted by atomic mass is 16.5. The number of para-hydroxylation sites is 1. The number of aromatic amines is 1. The zero-order chi connectivity index (χ0) is 14.2. The third kappa shape index (κ3) is 2.22. The molecule has 1 saturated heterocycles. The minimum Gasteiger partial charge on any atom is -0.449 e. The average molecular weight is 286 g/mol. The SMILES string of the molecule is O=c1[nH]c(C[NH+]2CCOCC2)nc2c1oc1ccccc12. The van der Waals surface area contributed by atoms with Gasteiger partial charge in [0.2, 0.25) is 5.58 Å². The Balaban J connectivity index is 1.79. The standard InChI is InChI=1S/C15H15N3O3/c19-15-14-13(10-3-1-2-4-11(10)21-14)16-12(17-15)9-18-5-7-20-8-6-18/h1-4H,5-9H2,(H,16,17,19)/p+1. The van der Waals surface area contributed by atoms with Gasteiger partial charge in [0.05, 0.1) is 13.2 Å². The van der Waals surface area contributed by atoms with Crippen LogP contribution < -0.4 is 10.5 Å². The van der Waals surface area contributed by atoms with Gasteiger partial charge in [-0.2, -0.15) is 0 Å². The van der Waals surface area contributed by atoms with E-state index in [1.54, 1.807) is 0 Å². The van der Waals surface area contributed by atoms with Gasteiger partial charge in [-0.3, -0.25) is 4.79 Å². The van der Waals surface area contributed by atoms with E-state index in [9.17, 15) is 4.79 Å².